The SMILES string of the molecule is CCCn1c(CNc2c(C)n[nH]c2C)nc2ccccc21. The third kappa shape index (κ3) is 2.51. The summed E-state index contributed by atoms with van der Waals surface area (Å²) < 4.78 is 2.30. The Labute approximate surface area is 124 Å². The van der Waals surface area contributed by atoms with Crippen LogP contribution >= 0.6 is 0 Å². The highest BCUT2D eigenvalue weighted by molar-refractivity contribution is 5.76. The molecule has 110 valence electrons. The molecule has 1 aromatic carbocycles. The van der Waals surface area contributed by atoms with Gasteiger partial charge in [0, 0.05) is 6.54 Å². The smallest absolute Gasteiger partial charge is 0.129 e. The van der Waals surface area contributed by atoms with Gasteiger partial charge in [0.25, 0.3) is 0 Å². The Balaban J connectivity index is 1.91. The topological polar surface area (TPSA) is 58.5 Å². The molecule has 5 nitrogen and oxygen atoms in total. The van der Waals surface area contributed by atoms with Crippen LogP contribution in [0.25, 0.3) is 11.0 Å². The van der Waals surface area contributed by atoms with Gasteiger partial charge in [-0.15, -0.1) is 0 Å². The van der Waals surface area contributed by atoms with E-state index in [2.05, 4.69) is 45.2 Å². The largest absolute Gasteiger partial charge is 0.375 e. The van der Waals surface area contributed by atoms with Crippen molar-refractivity contribution in [1.82, 2.24) is 19.7 Å². The number of hydrogen-bond acceptors (Lipinski definition) is 3. The van der Waals surface area contributed by atoms with Crippen LogP contribution in [0.15, 0.2) is 24.3 Å². The summed E-state index contributed by atoms with van der Waals surface area (Å²) in [6, 6.07) is 8.31. The number of aromatic amines is 1. The highest BCUT2D eigenvalue weighted by Crippen LogP contribution is 2.20. The Hall–Kier alpha value is -2.30. The maximum absolute atomic E-state index is 4.76. The minimum atomic E-state index is 0.704. The zero-order valence-corrected chi connectivity index (χ0v) is 12.8. The summed E-state index contributed by atoms with van der Waals surface area (Å²) in [4.78, 5) is 4.76. The second-order valence-electron chi connectivity index (χ2n) is 5.33. The van der Waals surface area contributed by atoms with Crippen molar-refractivity contribution in [2.24, 2.45) is 0 Å². The molecule has 0 aliphatic rings. The molecule has 0 spiro atoms. The van der Waals surface area contributed by atoms with Gasteiger partial charge in [-0.25, -0.2) is 4.98 Å². The Morgan fingerprint density at radius 3 is 2.76 bits per heavy atom. The highest BCUT2D eigenvalue weighted by atomic mass is 15.2. The van der Waals surface area contributed by atoms with Crippen LogP contribution in [0.5, 0.6) is 0 Å². The molecule has 0 bridgehead atoms. The standard InChI is InChI=1S/C16H21N5/c1-4-9-21-14-8-6-5-7-13(14)18-15(21)10-17-16-11(2)19-20-12(16)3/h5-8,17H,4,9-10H2,1-3H3,(H,19,20). The van der Waals surface area contributed by atoms with E-state index in [-0.39, 0.29) is 0 Å². The van der Waals surface area contributed by atoms with E-state index in [9.17, 15) is 0 Å². The molecule has 0 atom stereocenters. The molecule has 0 amide bonds. The van der Waals surface area contributed by atoms with Crippen molar-refractivity contribution in [2.45, 2.75) is 40.3 Å². The number of anilines is 1. The molecule has 3 aromatic rings. The summed E-state index contributed by atoms with van der Waals surface area (Å²) in [7, 11) is 0. The number of rotatable bonds is 5. The summed E-state index contributed by atoms with van der Waals surface area (Å²) in [6.45, 7) is 7.91. The quantitative estimate of drug-likeness (QED) is 0.754. The lowest BCUT2D eigenvalue weighted by atomic mass is 10.3. The fourth-order valence-electron chi connectivity index (χ4n) is 2.71. The number of fused-ring (bicyclic) bond motifs is 1. The molecule has 5 heteroatoms. The van der Waals surface area contributed by atoms with Gasteiger partial charge < -0.3 is 9.88 Å². The predicted molar refractivity (Wildman–Crippen MR) is 85.4 cm³/mol. The lowest BCUT2D eigenvalue weighted by Gasteiger charge is -2.09. The second kappa shape index (κ2) is 5.60. The Morgan fingerprint density at radius 1 is 1.24 bits per heavy atom. The van der Waals surface area contributed by atoms with Gasteiger partial charge in [-0.2, -0.15) is 5.10 Å². The average Bonchev–Trinajstić information content (AvgIpc) is 2.99. The maximum atomic E-state index is 4.76. The number of aryl methyl sites for hydroxylation is 3. The Morgan fingerprint density at radius 2 is 2.05 bits per heavy atom. The molecule has 0 aliphatic carbocycles. The molecule has 0 radical (unpaired) electrons. The van der Waals surface area contributed by atoms with Crippen LogP contribution in [0.3, 0.4) is 0 Å². The van der Waals surface area contributed by atoms with E-state index >= 15 is 0 Å². The molecule has 0 saturated heterocycles. The van der Waals surface area contributed by atoms with Gasteiger partial charge in [0.1, 0.15) is 5.82 Å². The molecular formula is C16H21N5. The summed E-state index contributed by atoms with van der Waals surface area (Å²) in [5.74, 6) is 1.07. The fourth-order valence-corrected chi connectivity index (χ4v) is 2.71. The van der Waals surface area contributed by atoms with Crippen molar-refractivity contribution in [3.63, 3.8) is 0 Å². The highest BCUT2D eigenvalue weighted by Gasteiger charge is 2.11. The first-order chi connectivity index (χ1) is 10.2. The second-order valence-corrected chi connectivity index (χ2v) is 5.33. The van der Waals surface area contributed by atoms with Gasteiger partial charge in [0.05, 0.1) is 34.7 Å². The van der Waals surface area contributed by atoms with Crippen LogP contribution in [-0.2, 0) is 13.1 Å². The van der Waals surface area contributed by atoms with Crippen LogP contribution in [0.4, 0.5) is 5.69 Å². The molecule has 3 rings (SSSR count). The lowest BCUT2D eigenvalue weighted by molar-refractivity contribution is 0.661. The van der Waals surface area contributed by atoms with Gasteiger partial charge >= 0.3 is 0 Å². The summed E-state index contributed by atoms with van der Waals surface area (Å²) in [5, 5.41) is 10.7. The molecule has 2 N–H and O–H groups in total. The van der Waals surface area contributed by atoms with Crippen molar-refractivity contribution in [3.05, 3.63) is 41.5 Å². The first-order valence-electron chi connectivity index (χ1n) is 7.40. The number of imidazole rings is 1. The van der Waals surface area contributed by atoms with Gasteiger partial charge in [-0.05, 0) is 32.4 Å². The number of aromatic nitrogens is 4. The zero-order chi connectivity index (χ0) is 14.8. The van der Waals surface area contributed by atoms with Crippen molar-refractivity contribution in [2.75, 3.05) is 5.32 Å². The van der Waals surface area contributed by atoms with E-state index in [1.54, 1.807) is 0 Å². The summed E-state index contributed by atoms with van der Waals surface area (Å²) in [6.07, 6.45) is 1.09. The maximum Gasteiger partial charge on any atom is 0.129 e. The molecule has 2 heterocycles. The monoisotopic (exact) mass is 283 g/mol. The van der Waals surface area contributed by atoms with E-state index in [0.717, 1.165) is 41.4 Å². The van der Waals surface area contributed by atoms with Crippen molar-refractivity contribution in [1.29, 1.82) is 0 Å². The summed E-state index contributed by atoms with van der Waals surface area (Å²) in [5.41, 5.74) is 5.39. The first-order valence-corrected chi connectivity index (χ1v) is 7.40. The lowest BCUT2D eigenvalue weighted by Crippen LogP contribution is -2.09. The van der Waals surface area contributed by atoms with E-state index in [0.29, 0.717) is 6.54 Å². The zero-order valence-electron chi connectivity index (χ0n) is 12.8. The number of nitrogens with one attached hydrogen (secondary N) is 2. The number of para-hydroxylation sites is 2. The molecule has 2 aromatic heterocycles. The number of nitrogens with zero attached hydrogens (tertiary/aromatic N) is 3. The van der Waals surface area contributed by atoms with E-state index in [1.165, 1.54) is 5.52 Å². The summed E-state index contributed by atoms with van der Waals surface area (Å²) >= 11 is 0. The van der Waals surface area contributed by atoms with Crippen LogP contribution in [0.2, 0.25) is 0 Å². The van der Waals surface area contributed by atoms with Crippen LogP contribution in [-0.4, -0.2) is 19.7 Å². The van der Waals surface area contributed by atoms with Crippen LogP contribution in [0.1, 0.15) is 30.6 Å². The third-order valence-electron chi connectivity index (χ3n) is 3.73. The van der Waals surface area contributed by atoms with Crippen LogP contribution in [0, 0.1) is 13.8 Å². The number of benzene rings is 1. The predicted octanol–water partition coefficient (Wildman–Crippen LogP) is 3.40. The fraction of sp³-hybridized carbons (Fsp3) is 0.375. The minimum absolute atomic E-state index is 0.704. The van der Waals surface area contributed by atoms with E-state index in [1.807, 2.05) is 19.9 Å². The molecular weight excluding hydrogens is 262 g/mol. The average molecular weight is 283 g/mol. The first kappa shape index (κ1) is 13.7. The van der Waals surface area contributed by atoms with Crippen molar-refractivity contribution < 1.29 is 0 Å². The minimum Gasteiger partial charge on any atom is -0.375 e. The number of hydrogen-bond donors (Lipinski definition) is 2. The van der Waals surface area contributed by atoms with Gasteiger partial charge in [-0.3, -0.25) is 5.10 Å². The third-order valence-corrected chi connectivity index (χ3v) is 3.73. The van der Waals surface area contributed by atoms with Gasteiger partial charge in [0.15, 0.2) is 0 Å². The normalized spacial score (nSPS) is 11.2. The molecule has 0 aliphatic heterocycles. The van der Waals surface area contributed by atoms with Crippen molar-refractivity contribution >= 4 is 16.7 Å². The Kier molecular flexibility index (Phi) is 3.64. The number of H-pyrrole nitrogens is 1. The molecule has 0 saturated carbocycles. The molecule has 21 heavy (non-hydrogen) atoms. The van der Waals surface area contributed by atoms with E-state index in [4.69, 9.17) is 4.98 Å². The van der Waals surface area contributed by atoms with Gasteiger partial charge in [0.2, 0.25) is 0 Å². The van der Waals surface area contributed by atoms with E-state index < -0.39 is 0 Å². The van der Waals surface area contributed by atoms with Gasteiger partial charge in [-0.1, -0.05) is 19.1 Å². The molecule has 0 fully saturated rings. The van der Waals surface area contributed by atoms with Crippen molar-refractivity contribution in [3.8, 4) is 0 Å². The Bertz CT molecular complexity index is 734. The van der Waals surface area contributed by atoms with Crippen LogP contribution < -0.4 is 5.32 Å². The molecule has 0 unspecified atom stereocenters.